The lowest BCUT2D eigenvalue weighted by molar-refractivity contribution is -0.116. The number of amides is 1. The monoisotopic (exact) mass is 536 g/mol. The molecule has 0 radical (unpaired) electrons. The molecule has 0 saturated carbocycles. The first-order chi connectivity index (χ1) is 19.1. The molecule has 7 heteroatoms. The summed E-state index contributed by atoms with van der Waals surface area (Å²) in [4.78, 5) is 13.7. The van der Waals surface area contributed by atoms with Gasteiger partial charge in [-0.05, 0) is 12.0 Å². The second kappa shape index (κ2) is 16.5. The van der Waals surface area contributed by atoms with Crippen LogP contribution in [0.15, 0.2) is 53.1 Å². The average Bonchev–Trinajstić information content (AvgIpc) is 3.42. The molecule has 0 unspecified atom stereocenters. The first-order valence-corrected chi connectivity index (χ1v) is 14.2. The van der Waals surface area contributed by atoms with Gasteiger partial charge in [0.15, 0.2) is 0 Å². The molecule has 7 nitrogen and oxygen atoms in total. The lowest BCUT2D eigenvalue weighted by atomic mass is 9.94. The molecule has 39 heavy (non-hydrogen) atoms. The molecule has 3 aromatic rings. The third kappa shape index (κ3) is 9.05. The first-order valence-electron chi connectivity index (χ1n) is 14.2. The number of rotatable bonds is 18. The second-order valence-corrected chi connectivity index (χ2v) is 9.89. The number of hydrogen-bond acceptors (Lipinski definition) is 6. The van der Waals surface area contributed by atoms with Gasteiger partial charge in [-0.15, -0.1) is 0 Å². The van der Waals surface area contributed by atoms with Gasteiger partial charge in [-0.3, -0.25) is 4.79 Å². The second-order valence-electron chi connectivity index (χ2n) is 9.89. The van der Waals surface area contributed by atoms with Crippen molar-refractivity contribution in [3.8, 4) is 17.2 Å². The topological polar surface area (TPSA) is 82.8 Å². The number of anilines is 1. The highest BCUT2D eigenvalue weighted by Gasteiger charge is 2.28. The number of methoxy groups -OCH3 is 3. The van der Waals surface area contributed by atoms with Crippen molar-refractivity contribution in [2.24, 2.45) is 0 Å². The molecule has 0 aliphatic heterocycles. The summed E-state index contributed by atoms with van der Waals surface area (Å²) in [5.74, 6) is 1.32. The van der Waals surface area contributed by atoms with Gasteiger partial charge in [-0.1, -0.05) is 100 Å². The lowest BCUT2D eigenvalue weighted by Crippen LogP contribution is -2.23. The van der Waals surface area contributed by atoms with Crippen LogP contribution in [0.3, 0.4) is 0 Å². The molecule has 3 rings (SSSR count). The molecule has 1 amide bonds. The molecule has 0 fully saturated rings. The van der Waals surface area contributed by atoms with Crippen LogP contribution in [0, 0.1) is 0 Å². The van der Waals surface area contributed by atoms with Gasteiger partial charge < -0.3 is 24.1 Å². The van der Waals surface area contributed by atoms with Crippen molar-refractivity contribution in [1.29, 1.82) is 0 Å². The molecule has 0 bridgehead atoms. The highest BCUT2D eigenvalue weighted by molar-refractivity contribution is 6.00. The maximum absolute atomic E-state index is 13.7. The Balaban J connectivity index is 1.65. The molecule has 212 valence electrons. The first kappa shape index (κ1) is 30.1. The molecule has 1 heterocycles. The highest BCUT2D eigenvalue weighted by Crippen LogP contribution is 2.40. The molecule has 1 aromatic heterocycles. The van der Waals surface area contributed by atoms with E-state index in [9.17, 15) is 4.79 Å². The number of aromatic nitrogens is 1. The van der Waals surface area contributed by atoms with Crippen molar-refractivity contribution in [3.05, 3.63) is 65.5 Å². The van der Waals surface area contributed by atoms with E-state index in [-0.39, 0.29) is 5.91 Å². The predicted octanol–water partition coefficient (Wildman–Crippen LogP) is 7.93. The van der Waals surface area contributed by atoms with Crippen LogP contribution < -0.4 is 19.5 Å². The van der Waals surface area contributed by atoms with Crippen molar-refractivity contribution >= 4 is 11.6 Å². The van der Waals surface area contributed by atoms with E-state index in [0.717, 1.165) is 24.2 Å². The van der Waals surface area contributed by atoms with Gasteiger partial charge in [0.25, 0.3) is 0 Å². The zero-order chi connectivity index (χ0) is 27.9. The Morgan fingerprint density at radius 2 is 1.41 bits per heavy atom. The van der Waals surface area contributed by atoms with Gasteiger partial charge >= 0.3 is 0 Å². The fraction of sp³-hybridized carbons (Fsp3) is 0.500. The van der Waals surface area contributed by atoms with Gasteiger partial charge in [-0.2, -0.15) is 0 Å². The predicted molar refractivity (Wildman–Crippen MR) is 155 cm³/mol. The minimum absolute atomic E-state index is 0.262. The molecule has 1 N–H and O–H groups in total. The van der Waals surface area contributed by atoms with Gasteiger partial charge in [0.2, 0.25) is 5.91 Å². The van der Waals surface area contributed by atoms with Crippen LogP contribution in [-0.2, 0) is 11.2 Å². The minimum Gasteiger partial charge on any atom is -0.496 e. The zero-order valence-corrected chi connectivity index (χ0v) is 24.0. The number of benzene rings is 2. The van der Waals surface area contributed by atoms with Crippen LogP contribution in [0.2, 0.25) is 0 Å². The van der Waals surface area contributed by atoms with E-state index >= 15 is 0 Å². The van der Waals surface area contributed by atoms with Crippen LogP contribution in [-0.4, -0.2) is 32.4 Å². The maximum Gasteiger partial charge on any atom is 0.238 e. The fourth-order valence-corrected chi connectivity index (χ4v) is 4.80. The van der Waals surface area contributed by atoms with Crippen molar-refractivity contribution in [2.75, 3.05) is 26.6 Å². The van der Waals surface area contributed by atoms with Gasteiger partial charge in [0.1, 0.15) is 40.3 Å². The Morgan fingerprint density at radius 1 is 0.821 bits per heavy atom. The number of hydrogen-bond donors (Lipinski definition) is 1. The summed E-state index contributed by atoms with van der Waals surface area (Å²) in [6, 6.07) is 14.9. The molecule has 0 aliphatic rings. The Bertz CT molecular complexity index is 1100. The van der Waals surface area contributed by atoms with Crippen LogP contribution >= 0.6 is 0 Å². The summed E-state index contributed by atoms with van der Waals surface area (Å²) in [5.41, 5.74) is 1.83. The molecule has 0 saturated heterocycles. The van der Waals surface area contributed by atoms with E-state index in [2.05, 4.69) is 17.4 Å². The average molecular weight is 537 g/mol. The minimum atomic E-state index is -0.659. The quantitative estimate of drug-likeness (QED) is 0.166. The Morgan fingerprint density at radius 3 is 1.97 bits per heavy atom. The normalized spacial score (nSPS) is 11.7. The number of aryl methyl sites for hydroxylation is 1. The third-order valence-electron chi connectivity index (χ3n) is 7.01. The van der Waals surface area contributed by atoms with Crippen LogP contribution in [0.5, 0.6) is 17.2 Å². The number of carbonyl (C=O) groups excluding carboxylic acids is 1. The van der Waals surface area contributed by atoms with Crippen molar-refractivity contribution < 1.29 is 23.5 Å². The summed E-state index contributed by atoms with van der Waals surface area (Å²) >= 11 is 0. The Hall–Kier alpha value is -3.48. The maximum atomic E-state index is 13.7. The largest absolute Gasteiger partial charge is 0.496 e. The summed E-state index contributed by atoms with van der Waals surface area (Å²) in [7, 11) is 4.64. The van der Waals surface area contributed by atoms with Crippen molar-refractivity contribution in [3.63, 3.8) is 0 Å². The molecule has 0 spiro atoms. The molecular formula is C32H44N2O5. The lowest BCUT2D eigenvalue weighted by Gasteiger charge is -2.19. The van der Waals surface area contributed by atoms with E-state index in [0.29, 0.717) is 28.6 Å². The van der Waals surface area contributed by atoms with Gasteiger partial charge in [-0.25, -0.2) is 0 Å². The van der Waals surface area contributed by atoms with Crippen LogP contribution in [0.1, 0.15) is 94.1 Å². The Kier molecular flexibility index (Phi) is 12.7. The smallest absolute Gasteiger partial charge is 0.238 e. The molecule has 0 aliphatic carbocycles. The van der Waals surface area contributed by atoms with Crippen LogP contribution in [0.4, 0.5) is 5.69 Å². The zero-order valence-electron chi connectivity index (χ0n) is 24.0. The third-order valence-corrected chi connectivity index (χ3v) is 7.01. The number of ether oxygens (including phenoxy) is 3. The van der Waals surface area contributed by atoms with E-state index in [4.69, 9.17) is 18.7 Å². The standard InChI is InChI=1S/C32H44N2O5/c1-5-6-7-8-9-10-11-12-13-17-20-25-21-27(34-39-25)30(24-18-15-14-16-19-24)32(35)33-31-28(37-3)22-26(36-2)23-29(31)38-4/h14-16,18-19,21-23,30H,5-13,17,20H2,1-4H3,(H,33,35)/t30-/m0/s1. The highest BCUT2D eigenvalue weighted by atomic mass is 16.5. The van der Waals surface area contributed by atoms with Gasteiger partial charge in [0.05, 0.1) is 21.3 Å². The SMILES string of the molecule is CCCCCCCCCCCCc1cc([C@@H](C(=O)Nc2c(OC)cc(OC)cc2OC)c2ccccc2)no1. The summed E-state index contributed by atoms with van der Waals surface area (Å²) < 4.78 is 22.0. The molecule has 2 aromatic carbocycles. The number of nitrogens with one attached hydrogen (secondary N) is 1. The summed E-state index contributed by atoms with van der Waals surface area (Å²) in [6.45, 7) is 2.26. The van der Waals surface area contributed by atoms with Crippen molar-refractivity contribution in [2.45, 2.75) is 83.5 Å². The fourth-order valence-electron chi connectivity index (χ4n) is 4.80. The van der Waals surface area contributed by atoms with E-state index in [1.165, 1.54) is 72.0 Å². The van der Waals surface area contributed by atoms with Crippen molar-refractivity contribution in [1.82, 2.24) is 5.16 Å². The van der Waals surface area contributed by atoms with E-state index in [1.54, 1.807) is 19.2 Å². The van der Waals surface area contributed by atoms with E-state index < -0.39 is 5.92 Å². The summed E-state index contributed by atoms with van der Waals surface area (Å²) in [6.07, 6.45) is 13.6. The molecule has 1 atom stereocenters. The van der Waals surface area contributed by atoms with Crippen LogP contribution in [0.25, 0.3) is 0 Å². The van der Waals surface area contributed by atoms with Gasteiger partial charge in [0, 0.05) is 24.6 Å². The Labute approximate surface area is 233 Å². The number of nitrogens with zero attached hydrogens (tertiary/aromatic N) is 1. The molecular weight excluding hydrogens is 492 g/mol. The number of carbonyl (C=O) groups is 1. The number of unbranched alkanes of at least 4 members (excludes halogenated alkanes) is 9. The van der Waals surface area contributed by atoms with E-state index in [1.807, 2.05) is 36.4 Å². The summed E-state index contributed by atoms with van der Waals surface area (Å²) in [5, 5.41) is 7.31.